The molecule has 3 rings (SSSR count). The van der Waals surface area contributed by atoms with Crippen molar-refractivity contribution in [3.05, 3.63) is 17.7 Å². The number of carbonyl (C=O) groups is 1. The van der Waals surface area contributed by atoms with Crippen LogP contribution in [0.1, 0.15) is 24.8 Å². The van der Waals surface area contributed by atoms with Gasteiger partial charge in [-0.15, -0.1) is 0 Å². The van der Waals surface area contributed by atoms with Crippen LogP contribution in [0, 0.1) is 0 Å². The van der Waals surface area contributed by atoms with Crippen LogP contribution in [0.2, 0.25) is 0 Å². The van der Waals surface area contributed by atoms with E-state index in [-0.39, 0.29) is 5.91 Å². The minimum atomic E-state index is 0.0571. The van der Waals surface area contributed by atoms with E-state index in [1.807, 2.05) is 12.1 Å². The SMILES string of the molecule is CN(CCOc1cc2c(cc1N)CCC(=O)N2)C1CC1. The van der Waals surface area contributed by atoms with Gasteiger partial charge in [-0.2, -0.15) is 0 Å². The number of likely N-dealkylation sites (N-methyl/N-ethyl adjacent to an activating group) is 1. The van der Waals surface area contributed by atoms with Gasteiger partial charge in [0.05, 0.1) is 5.69 Å². The lowest BCUT2D eigenvalue weighted by Crippen LogP contribution is -2.26. The number of nitrogens with zero attached hydrogens (tertiary/aromatic N) is 1. The quantitative estimate of drug-likeness (QED) is 0.801. The first-order chi connectivity index (χ1) is 9.63. The highest BCUT2D eigenvalue weighted by molar-refractivity contribution is 5.94. The minimum absolute atomic E-state index is 0.0571. The van der Waals surface area contributed by atoms with E-state index in [0.717, 1.165) is 30.3 Å². The molecule has 108 valence electrons. The van der Waals surface area contributed by atoms with Gasteiger partial charge in [0.2, 0.25) is 5.91 Å². The van der Waals surface area contributed by atoms with Gasteiger partial charge < -0.3 is 20.7 Å². The van der Waals surface area contributed by atoms with Crippen LogP contribution in [-0.2, 0) is 11.2 Å². The van der Waals surface area contributed by atoms with Crippen LogP contribution in [-0.4, -0.2) is 37.0 Å². The standard InChI is InChI=1S/C15H21N3O2/c1-18(11-3-4-11)6-7-20-14-9-13-10(8-12(14)16)2-5-15(19)17-13/h8-9,11H,2-7,16H2,1H3,(H,17,19). The molecule has 20 heavy (non-hydrogen) atoms. The predicted molar refractivity (Wildman–Crippen MR) is 79.0 cm³/mol. The second kappa shape index (κ2) is 5.32. The van der Waals surface area contributed by atoms with Gasteiger partial charge in [0.25, 0.3) is 0 Å². The van der Waals surface area contributed by atoms with Crippen molar-refractivity contribution < 1.29 is 9.53 Å². The smallest absolute Gasteiger partial charge is 0.224 e. The van der Waals surface area contributed by atoms with Crippen molar-refractivity contribution in [1.82, 2.24) is 4.90 Å². The molecule has 0 atom stereocenters. The van der Waals surface area contributed by atoms with Crippen LogP contribution in [0.4, 0.5) is 11.4 Å². The van der Waals surface area contributed by atoms with Gasteiger partial charge in [0.15, 0.2) is 0 Å². The van der Waals surface area contributed by atoms with Crippen LogP contribution >= 0.6 is 0 Å². The number of nitrogens with one attached hydrogen (secondary N) is 1. The maximum Gasteiger partial charge on any atom is 0.224 e. The highest BCUT2D eigenvalue weighted by atomic mass is 16.5. The van der Waals surface area contributed by atoms with Crippen LogP contribution in [0.5, 0.6) is 5.75 Å². The van der Waals surface area contributed by atoms with Gasteiger partial charge in [-0.05, 0) is 37.9 Å². The number of nitrogens with two attached hydrogens (primary N) is 1. The van der Waals surface area contributed by atoms with E-state index in [1.165, 1.54) is 12.8 Å². The second-order valence-electron chi connectivity index (χ2n) is 5.66. The van der Waals surface area contributed by atoms with E-state index >= 15 is 0 Å². The van der Waals surface area contributed by atoms with E-state index in [1.54, 1.807) is 0 Å². The Bertz CT molecular complexity index is 526. The Hall–Kier alpha value is -1.75. The van der Waals surface area contributed by atoms with E-state index in [0.29, 0.717) is 24.5 Å². The Balaban J connectivity index is 1.63. The van der Waals surface area contributed by atoms with Gasteiger partial charge in [0, 0.05) is 30.8 Å². The van der Waals surface area contributed by atoms with Crippen molar-refractivity contribution in [3.8, 4) is 5.75 Å². The fourth-order valence-electron chi connectivity index (χ4n) is 2.55. The van der Waals surface area contributed by atoms with Gasteiger partial charge in [-0.3, -0.25) is 4.79 Å². The minimum Gasteiger partial charge on any atom is -0.490 e. The molecule has 1 aliphatic carbocycles. The number of fused-ring (bicyclic) bond motifs is 1. The van der Waals surface area contributed by atoms with Crippen molar-refractivity contribution in [2.75, 3.05) is 31.2 Å². The highest BCUT2D eigenvalue weighted by Crippen LogP contribution is 2.32. The summed E-state index contributed by atoms with van der Waals surface area (Å²) < 4.78 is 5.77. The van der Waals surface area contributed by atoms with Crippen LogP contribution in [0.25, 0.3) is 0 Å². The average Bonchev–Trinajstić information content (AvgIpc) is 3.24. The van der Waals surface area contributed by atoms with Crippen molar-refractivity contribution >= 4 is 17.3 Å². The summed E-state index contributed by atoms with van der Waals surface area (Å²) in [4.78, 5) is 13.7. The van der Waals surface area contributed by atoms with Gasteiger partial charge in [-0.1, -0.05) is 0 Å². The summed E-state index contributed by atoms with van der Waals surface area (Å²) in [6.07, 6.45) is 3.86. The van der Waals surface area contributed by atoms with E-state index in [9.17, 15) is 4.79 Å². The summed E-state index contributed by atoms with van der Waals surface area (Å²) in [5.74, 6) is 0.719. The lowest BCUT2D eigenvalue weighted by molar-refractivity contribution is -0.116. The number of hydrogen-bond donors (Lipinski definition) is 2. The third kappa shape index (κ3) is 2.88. The third-order valence-electron chi connectivity index (χ3n) is 4.00. The first kappa shape index (κ1) is 13.2. The Morgan fingerprint density at radius 2 is 2.20 bits per heavy atom. The molecule has 0 unspecified atom stereocenters. The van der Waals surface area contributed by atoms with Crippen molar-refractivity contribution in [2.24, 2.45) is 0 Å². The monoisotopic (exact) mass is 275 g/mol. The summed E-state index contributed by atoms with van der Waals surface area (Å²) in [6.45, 7) is 1.51. The lowest BCUT2D eigenvalue weighted by atomic mass is 10.0. The Morgan fingerprint density at radius 1 is 1.40 bits per heavy atom. The maximum absolute atomic E-state index is 11.4. The molecule has 5 heteroatoms. The summed E-state index contributed by atoms with van der Waals surface area (Å²) in [6, 6.07) is 4.49. The largest absolute Gasteiger partial charge is 0.490 e. The maximum atomic E-state index is 11.4. The van der Waals surface area contributed by atoms with Crippen LogP contribution in [0.3, 0.4) is 0 Å². The molecule has 0 spiro atoms. The normalized spacial score (nSPS) is 17.8. The summed E-state index contributed by atoms with van der Waals surface area (Å²) in [5.41, 5.74) is 8.59. The first-order valence-corrected chi connectivity index (χ1v) is 7.19. The van der Waals surface area contributed by atoms with Crippen LogP contribution < -0.4 is 15.8 Å². The number of benzene rings is 1. The average molecular weight is 275 g/mol. The molecule has 1 aromatic carbocycles. The zero-order chi connectivity index (χ0) is 14.1. The first-order valence-electron chi connectivity index (χ1n) is 7.19. The Morgan fingerprint density at radius 3 is 2.95 bits per heavy atom. The molecule has 1 aromatic rings. The molecule has 1 fully saturated rings. The third-order valence-corrected chi connectivity index (χ3v) is 4.00. The molecule has 0 saturated heterocycles. The Labute approximate surface area is 119 Å². The molecule has 1 heterocycles. The van der Waals surface area contributed by atoms with Crippen molar-refractivity contribution in [2.45, 2.75) is 31.7 Å². The molecule has 0 radical (unpaired) electrons. The Kier molecular flexibility index (Phi) is 3.53. The number of anilines is 2. The van der Waals surface area contributed by atoms with Crippen molar-refractivity contribution in [1.29, 1.82) is 0 Å². The molecular weight excluding hydrogens is 254 g/mol. The molecular formula is C15H21N3O2. The highest BCUT2D eigenvalue weighted by Gasteiger charge is 2.25. The second-order valence-corrected chi connectivity index (χ2v) is 5.66. The van der Waals surface area contributed by atoms with E-state index in [4.69, 9.17) is 10.5 Å². The molecule has 0 aromatic heterocycles. The molecule has 1 saturated carbocycles. The topological polar surface area (TPSA) is 67.6 Å². The number of ether oxygens (including phenoxy) is 1. The fourth-order valence-corrected chi connectivity index (χ4v) is 2.55. The zero-order valence-corrected chi connectivity index (χ0v) is 11.8. The van der Waals surface area contributed by atoms with Gasteiger partial charge in [-0.25, -0.2) is 0 Å². The number of amides is 1. The number of carbonyl (C=O) groups excluding carboxylic acids is 1. The number of hydrogen-bond acceptors (Lipinski definition) is 4. The summed E-state index contributed by atoms with van der Waals surface area (Å²) in [5, 5.41) is 2.87. The lowest BCUT2D eigenvalue weighted by Gasteiger charge is -2.20. The van der Waals surface area contributed by atoms with E-state index in [2.05, 4.69) is 17.3 Å². The predicted octanol–water partition coefficient (Wildman–Crippen LogP) is 1.63. The molecule has 3 N–H and O–H groups in total. The molecule has 2 aliphatic rings. The number of rotatable bonds is 5. The summed E-state index contributed by atoms with van der Waals surface area (Å²) in [7, 11) is 2.12. The van der Waals surface area contributed by atoms with E-state index < -0.39 is 0 Å². The zero-order valence-electron chi connectivity index (χ0n) is 11.8. The molecule has 1 amide bonds. The van der Waals surface area contributed by atoms with Crippen molar-refractivity contribution in [3.63, 3.8) is 0 Å². The number of nitrogen functional groups attached to an aromatic ring is 1. The molecule has 1 aliphatic heterocycles. The number of aryl methyl sites for hydroxylation is 1. The van der Waals surface area contributed by atoms with Crippen LogP contribution in [0.15, 0.2) is 12.1 Å². The molecule has 5 nitrogen and oxygen atoms in total. The summed E-state index contributed by atoms with van der Waals surface area (Å²) >= 11 is 0. The van der Waals surface area contributed by atoms with Gasteiger partial charge >= 0.3 is 0 Å². The fraction of sp³-hybridized carbons (Fsp3) is 0.533. The van der Waals surface area contributed by atoms with Gasteiger partial charge in [0.1, 0.15) is 12.4 Å². The molecule has 0 bridgehead atoms.